The van der Waals surface area contributed by atoms with Gasteiger partial charge in [-0.15, -0.1) is 0 Å². The number of benzene rings is 2. The average molecular weight is 290 g/mol. The second-order valence-corrected chi connectivity index (χ2v) is 5.26. The number of hydrogen-bond acceptors (Lipinski definition) is 3. The van der Waals surface area contributed by atoms with Gasteiger partial charge in [-0.2, -0.15) is 0 Å². The van der Waals surface area contributed by atoms with Gasteiger partial charge in [0.1, 0.15) is 24.2 Å². The molecule has 0 aromatic heterocycles. The Labute approximate surface area is 123 Å². The van der Waals surface area contributed by atoms with Crippen molar-refractivity contribution in [3.8, 4) is 11.5 Å². The minimum absolute atomic E-state index is 0.0389. The molecule has 2 N–H and O–H groups in total. The highest BCUT2D eigenvalue weighted by Crippen LogP contribution is 2.29. The lowest BCUT2D eigenvalue weighted by Gasteiger charge is -2.15. The molecule has 0 aliphatic carbocycles. The Morgan fingerprint density at radius 2 is 2.10 bits per heavy atom. The first-order valence-corrected chi connectivity index (χ1v) is 7.00. The summed E-state index contributed by atoms with van der Waals surface area (Å²) in [6, 6.07) is 13.6. The Balaban J connectivity index is 1.65. The molecule has 1 aliphatic heterocycles. The number of ether oxygens (including phenoxy) is 2. The lowest BCUT2D eigenvalue weighted by Crippen LogP contribution is -2.22. The third kappa shape index (κ3) is 2.74. The van der Waals surface area contributed by atoms with Crippen molar-refractivity contribution in [1.29, 1.82) is 0 Å². The zero-order valence-electron chi connectivity index (χ0n) is 11.0. The van der Waals surface area contributed by atoms with E-state index in [9.17, 15) is 0 Å². The van der Waals surface area contributed by atoms with Crippen molar-refractivity contribution in [3.05, 3.63) is 58.6 Å². The van der Waals surface area contributed by atoms with Crippen molar-refractivity contribution in [2.24, 2.45) is 5.73 Å². The van der Waals surface area contributed by atoms with Crippen molar-refractivity contribution in [3.63, 3.8) is 0 Å². The van der Waals surface area contributed by atoms with Crippen LogP contribution >= 0.6 is 11.6 Å². The fraction of sp³-hybridized carbons (Fsp3) is 0.250. The maximum absolute atomic E-state index is 5.99. The fourth-order valence-electron chi connectivity index (χ4n) is 2.36. The predicted molar refractivity (Wildman–Crippen MR) is 79.4 cm³/mol. The minimum atomic E-state index is 0.0389. The average Bonchev–Trinajstić information content (AvgIpc) is 2.88. The summed E-state index contributed by atoms with van der Waals surface area (Å²) in [5, 5.41) is 0.646. The lowest BCUT2D eigenvalue weighted by atomic mass is 10.1. The van der Waals surface area contributed by atoms with Gasteiger partial charge in [0.05, 0.1) is 0 Å². The predicted octanol–water partition coefficient (Wildman–Crippen LogP) is 3.18. The van der Waals surface area contributed by atoms with Crippen LogP contribution in [0.4, 0.5) is 0 Å². The van der Waals surface area contributed by atoms with Crippen molar-refractivity contribution in [1.82, 2.24) is 0 Å². The molecule has 3 rings (SSSR count). The highest BCUT2D eigenvalue weighted by atomic mass is 35.5. The lowest BCUT2D eigenvalue weighted by molar-refractivity contribution is 0.148. The summed E-state index contributed by atoms with van der Waals surface area (Å²) in [4.78, 5) is 0. The van der Waals surface area contributed by atoms with Gasteiger partial charge in [0.15, 0.2) is 0 Å². The van der Waals surface area contributed by atoms with E-state index in [0.29, 0.717) is 18.2 Å². The van der Waals surface area contributed by atoms with E-state index in [1.807, 2.05) is 30.3 Å². The van der Waals surface area contributed by atoms with E-state index in [4.69, 9.17) is 26.8 Å². The molecule has 0 bridgehead atoms. The zero-order valence-corrected chi connectivity index (χ0v) is 11.8. The molecule has 104 valence electrons. The maximum atomic E-state index is 5.99. The highest BCUT2D eigenvalue weighted by Gasteiger charge is 2.23. The number of para-hydroxylation sites is 1. The van der Waals surface area contributed by atoms with Crippen molar-refractivity contribution < 1.29 is 9.47 Å². The Kier molecular flexibility index (Phi) is 3.81. The first-order chi connectivity index (χ1) is 9.76. The smallest absolute Gasteiger partial charge is 0.137 e. The van der Waals surface area contributed by atoms with E-state index in [1.54, 1.807) is 6.07 Å². The van der Waals surface area contributed by atoms with Crippen LogP contribution in [-0.2, 0) is 13.0 Å². The summed E-state index contributed by atoms with van der Waals surface area (Å²) in [7, 11) is 0. The molecule has 20 heavy (non-hydrogen) atoms. The van der Waals surface area contributed by atoms with Crippen LogP contribution in [0.25, 0.3) is 0 Å². The molecular formula is C16H16ClNO2. The molecule has 1 aliphatic rings. The van der Waals surface area contributed by atoms with Crippen LogP contribution < -0.4 is 15.2 Å². The minimum Gasteiger partial charge on any atom is -0.489 e. The van der Waals surface area contributed by atoms with E-state index < -0.39 is 0 Å². The van der Waals surface area contributed by atoms with Crippen LogP contribution in [0.5, 0.6) is 11.5 Å². The Hall–Kier alpha value is -1.71. The second kappa shape index (κ2) is 5.73. The molecule has 1 atom stereocenters. The third-order valence-corrected chi connectivity index (χ3v) is 3.62. The van der Waals surface area contributed by atoms with E-state index in [1.165, 1.54) is 5.56 Å². The number of nitrogens with two attached hydrogens (primary N) is 1. The number of rotatable bonds is 4. The van der Waals surface area contributed by atoms with Gasteiger partial charge in [-0.25, -0.2) is 0 Å². The van der Waals surface area contributed by atoms with Crippen molar-refractivity contribution in [2.45, 2.75) is 19.1 Å². The fourth-order valence-corrected chi connectivity index (χ4v) is 2.52. The largest absolute Gasteiger partial charge is 0.489 e. The van der Waals surface area contributed by atoms with E-state index in [0.717, 1.165) is 23.5 Å². The van der Waals surface area contributed by atoms with Crippen molar-refractivity contribution in [2.75, 3.05) is 6.61 Å². The standard InChI is InChI=1S/C16H16ClNO2/c17-13-6-5-12(9-18)16(8-13)19-10-14-7-11-3-1-2-4-15(11)20-14/h1-6,8,14H,7,9-10,18H2. The molecule has 1 unspecified atom stereocenters. The molecule has 0 amide bonds. The van der Waals surface area contributed by atoms with Gasteiger partial charge in [-0.1, -0.05) is 35.9 Å². The normalized spacial score (nSPS) is 16.6. The SMILES string of the molecule is NCc1ccc(Cl)cc1OCC1Cc2ccccc2O1. The third-order valence-electron chi connectivity index (χ3n) is 3.39. The molecule has 0 spiro atoms. The molecule has 1 heterocycles. The zero-order chi connectivity index (χ0) is 13.9. The molecule has 2 aromatic carbocycles. The van der Waals surface area contributed by atoms with E-state index >= 15 is 0 Å². The topological polar surface area (TPSA) is 44.5 Å². The summed E-state index contributed by atoms with van der Waals surface area (Å²) >= 11 is 5.99. The molecule has 0 saturated carbocycles. The molecule has 3 nitrogen and oxygen atoms in total. The van der Waals surface area contributed by atoms with Crippen LogP contribution in [0.15, 0.2) is 42.5 Å². The number of fused-ring (bicyclic) bond motifs is 1. The number of halogens is 1. The maximum Gasteiger partial charge on any atom is 0.137 e. The molecule has 0 saturated heterocycles. The van der Waals surface area contributed by atoms with Gasteiger partial charge < -0.3 is 15.2 Å². The summed E-state index contributed by atoms with van der Waals surface area (Å²) in [6.45, 7) is 0.917. The second-order valence-electron chi connectivity index (χ2n) is 4.82. The van der Waals surface area contributed by atoms with Crippen LogP contribution in [0.2, 0.25) is 5.02 Å². The van der Waals surface area contributed by atoms with Crippen LogP contribution in [0.1, 0.15) is 11.1 Å². The molecular weight excluding hydrogens is 274 g/mol. The highest BCUT2D eigenvalue weighted by molar-refractivity contribution is 6.30. The number of hydrogen-bond donors (Lipinski definition) is 1. The van der Waals surface area contributed by atoms with Crippen LogP contribution in [0, 0.1) is 0 Å². The first-order valence-electron chi connectivity index (χ1n) is 6.62. The van der Waals surface area contributed by atoms with E-state index in [-0.39, 0.29) is 6.10 Å². The summed E-state index contributed by atoms with van der Waals surface area (Å²) in [5.74, 6) is 1.69. The molecule has 0 fully saturated rings. The molecule has 4 heteroatoms. The summed E-state index contributed by atoms with van der Waals surface area (Å²) in [5.41, 5.74) is 7.88. The van der Waals surface area contributed by atoms with Gasteiger partial charge in [-0.05, 0) is 23.8 Å². The van der Waals surface area contributed by atoms with E-state index in [2.05, 4.69) is 6.07 Å². The quantitative estimate of drug-likeness (QED) is 0.940. The molecule has 2 aromatic rings. The summed E-state index contributed by atoms with van der Waals surface area (Å²) in [6.07, 6.45) is 0.909. The van der Waals surface area contributed by atoms with Gasteiger partial charge in [0.2, 0.25) is 0 Å². The molecule has 0 radical (unpaired) electrons. The Morgan fingerprint density at radius 3 is 2.90 bits per heavy atom. The Bertz CT molecular complexity index is 590. The van der Waals surface area contributed by atoms with Crippen LogP contribution in [-0.4, -0.2) is 12.7 Å². The van der Waals surface area contributed by atoms with Crippen molar-refractivity contribution >= 4 is 11.6 Å². The monoisotopic (exact) mass is 289 g/mol. The Morgan fingerprint density at radius 1 is 1.25 bits per heavy atom. The van der Waals surface area contributed by atoms with Gasteiger partial charge >= 0.3 is 0 Å². The van der Waals surface area contributed by atoms with Crippen LogP contribution in [0.3, 0.4) is 0 Å². The van der Waals surface area contributed by atoms with Gasteiger partial charge in [0.25, 0.3) is 0 Å². The first kappa shape index (κ1) is 13.3. The van der Waals surface area contributed by atoms with Gasteiger partial charge in [-0.3, -0.25) is 0 Å². The van der Waals surface area contributed by atoms with Gasteiger partial charge in [0, 0.05) is 23.6 Å². The summed E-state index contributed by atoms with van der Waals surface area (Å²) < 4.78 is 11.7.